The van der Waals surface area contributed by atoms with E-state index in [1.54, 1.807) is 6.07 Å². The highest BCUT2D eigenvalue weighted by molar-refractivity contribution is 8.24. The van der Waals surface area contributed by atoms with Gasteiger partial charge in [0.1, 0.15) is 5.08 Å². The quantitative estimate of drug-likeness (QED) is 0.596. The van der Waals surface area contributed by atoms with Crippen molar-refractivity contribution in [1.29, 1.82) is 0 Å². The molecule has 0 fully saturated rings. The van der Waals surface area contributed by atoms with Gasteiger partial charge in [-0.1, -0.05) is 12.1 Å². The van der Waals surface area contributed by atoms with Crippen molar-refractivity contribution >= 4 is 32.7 Å². The zero-order valence-corrected chi connectivity index (χ0v) is 9.90. The van der Waals surface area contributed by atoms with Gasteiger partial charge in [-0.15, -0.1) is 4.40 Å². The third kappa shape index (κ3) is 2.74. The number of ether oxygens (including phenoxy) is 1. The van der Waals surface area contributed by atoms with Gasteiger partial charge in [0, 0.05) is 6.07 Å². The Morgan fingerprint density at radius 1 is 1.41 bits per heavy atom. The molecule has 0 aromatic heterocycles. The topological polar surface area (TPSA) is 98.9 Å². The van der Waals surface area contributed by atoms with Crippen molar-refractivity contribution in [3.05, 3.63) is 34.4 Å². The van der Waals surface area contributed by atoms with Crippen LogP contribution >= 0.6 is 11.8 Å². The molecule has 0 aliphatic carbocycles. The summed E-state index contributed by atoms with van der Waals surface area (Å²) in [6, 6.07) is 5.69. The number of nitro benzene ring substituents is 1. The van der Waals surface area contributed by atoms with E-state index in [1.165, 1.54) is 18.2 Å². The second kappa shape index (κ2) is 4.34. The highest BCUT2D eigenvalue weighted by atomic mass is 32.3. The van der Waals surface area contributed by atoms with E-state index in [1.807, 2.05) is 0 Å². The van der Waals surface area contributed by atoms with Gasteiger partial charge in [-0.25, -0.2) is 8.42 Å². The Morgan fingerprint density at radius 3 is 2.71 bits per heavy atom. The first-order valence-electron chi connectivity index (χ1n) is 4.35. The lowest BCUT2D eigenvalue weighted by atomic mass is 10.3. The summed E-state index contributed by atoms with van der Waals surface area (Å²) in [6.07, 6.45) is 0. The number of sulfonamides is 1. The number of rotatable bonds is 2. The van der Waals surface area contributed by atoms with Crippen LogP contribution in [-0.4, -0.2) is 23.7 Å². The van der Waals surface area contributed by atoms with Crippen LogP contribution in [0.25, 0.3) is 0 Å². The van der Waals surface area contributed by atoms with E-state index in [-0.39, 0.29) is 21.8 Å². The Balaban J connectivity index is 2.29. The van der Waals surface area contributed by atoms with Crippen molar-refractivity contribution in [2.75, 3.05) is 5.08 Å². The fourth-order valence-electron chi connectivity index (χ4n) is 1.13. The van der Waals surface area contributed by atoms with E-state index < -0.39 is 14.9 Å². The van der Waals surface area contributed by atoms with Crippen molar-refractivity contribution in [1.82, 2.24) is 0 Å². The van der Waals surface area contributed by atoms with E-state index in [2.05, 4.69) is 4.40 Å². The van der Waals surface area contributed by atoms with E-state index in [4.69, 9.17) is 4.74 Å². The summed E-state index contributed by atoms with van der Waals surface area (Å²) < 4.78 is 30.5. The molecule has 1 aliphatic heterocycles. The minimum Gasteiger partial charge on any atom is -0.426 e. The molecule has 0 saturated carbocycles. The summed E-state index contributed by atoms with van der Waals surface area (Å²) >= 11 is 0.882. The van der Waals surface area contributed by atoms with Crippen LogP contribution < -0.4 is 4.74 Å². The maximum atomic E-state index is 11.0. The average molecular weight is 274 g/mol. The SMILES string of the molecule is O=[N+]([O-])c1ccccc1OC1=NS(=O)(=O)CS1. The fourth-order valence-corrected chi connectivity index (χ4v) is 3.30. The molecule has 2 rings (SSSR count). The molecule has 0 unspecified atom stereocenters. The van der Waals surface area contributed by atoms with Gasteiger partial charge in [0.15, 0.2) is 0 Å². The number of para-hydroxylation sites is 2. The zero-order valence-electron chi connectivity index (χ0n) is 8.27. The molecule has 0 saturated heterocycles. The molecule has 0 bridgehead atoms. The Morgan fingerprint density at radius 2 is 2.12 bits per heavy atom. The molecule has 1 aliphatic rings. The lowest BCUT2D eigenvalue weighted by Gasteiger charge is -2.02. The predicted molar refractivity (Wildman–Crippen MR) is 62.5 cm³/mol. The van der Waals surface area contributed by atoms with Crippen LogP contribution in [0.2, 0.25) is 0 Å². The second-order valence-corrected chi connectivity index (χ2v) is 5.96. The first-order chi connectivity index (χ1) is 7.98. The van der Waals surface area contributed by atoms with Crippen molar-refractivity contribution in [3.63, 3.8) is 0 Å². The van der Waals surface area contributed by atoms with Gasteiger partial charge in [0.25, 0.3) is 15.3 Å². The van der Waals surface area contributed by atoms with E-state index >= 15 is 0 Å². The lowest BCUT2D eigenvalue weighted by Crippen LogP contribution is -2.03. The number of thioether (sulfide) groups is 1. The van der Waals surface area contributed by atoms with Crippen LogP contribution in [0.15, 0.2) is 28.7 Å². The highest BCUT2D eigenvalue weighted by Crippen LogP contribution is 2.29. The Labute approximate surface area is 101 Å². The molecule has 1 heterocycles. The zero-order chi connectivity index (χ0) is 12.5. The normalized spacial score (nSPS) is 17.5. The van der Waals surface area contributed by atoms with Crippen LogP contribution in [0, 0.1) is 10.1 Å². The third-order valence-corrected chi connectivity index (χ3v) is 4.45. The van der Waals surface area contributed by atoms with Crippen LogP contribution in [0.1, 0.15) is 0 Å². The lowest BCUT2D eigenvalue weighted by molar-refractivity contribution is -0.385. The molecule has 90 valence electrons. The maximum absolute atomic E-state index is 11.0. The van der Waals surface area contributed by atoms with Crippen molar-refractivity contribution in [3.8, 4) is 5.75 Å². The minimum absolute atomic E-state index is 0.0270. The number of hydrogen-bond acceptors (Lipinski definition) is 6. The number of benzene rings is 1. The van der Waals surface area contributed by atoms with E-state index in [9.17, 15) is 18.5 Å². The van der Waals surface area contributed by atoms with Gasteiger partial charge in [0.2, 0.25) is 5.75 Å². The molecule has 9 heteroatoms. The monoisotopic (exact) mass is 274 g/mol. The molecular weight excluding hydrogens is 268 g/mol. The van der Waals surface area contributed by atoms with E-state index in [0.717, 1.165) is 11.8 Å². The molecule has 17 heavy (non-hydrogen) atoms. The first-order valence-corrected chi connectivity index (χ1v) is 6.94. The summed E-state index contributed by atoms with van der Waals surface area (Å²) in [5, 5.41) is 10.4. The fraction of sp³-hybridized carbons (Fsp3) is 0.125. The molecule has 0 spiro atoms. The second-order valence-electron chi connectivity index (χ2n) is 3.03. The summed E-state index contributed by atoms with van der Waals surface area (Å²) in [6.45, 7) is 0. The summed E-state index contributed by atoms with van der Waals surface area (Å²) in [5.41, 5.74) is -0.236. The van der Waals surface area contributed by atoms with Gasteiger partial charge in [-0.2, -0.15) is 0 Å². The molecule has 0 radical (unpaired) electrons. The number of nitrogens with zero attached hydrogens (tertiary/aromatic N) is 2. The Bertz CT molecular complexity index is 596. The predicted octanol–water partition coefficient (Wildman–Crippen LogP) is 1.36. The molecule has 7 nitrogen and oxygen atoms in total. The van der Waals surface area contributed by atoms with Gasteiger partial charge < -0.3 is 4.74 Å². The average Bonchev–Trinajstić information content (AvgIpc) is 2.58. The van der Waals surface area contributed by atoms with Crippen molar-refractivity contribution < 1.29 is 18.1 Å². The molecule has 0 N–H and O–H groups in total. The first kappa shape index (κ1) is 11.9. The van der Waals surface area contributed by atoms with Gasteiger partial charge in [0.05, 0.1) is 4.92 Å². The number of nitro groups is 1. The highest BCUT2D eigenvalue weighted by Gasteiger charge is 2.25. The molecule has 1 aromatic carbocycles. The molecule has 1 aromatic rings. The summed E-state index contributed by atoms with van der Waals surface area (Å²) in [5.74, 6) is -0.0270. The van der Waals surface area contributed by atoms with Gasteiger partial charge in [-0.3, -0.25) is 10.1 Å². The van der Waals surface area contributed by atoms with Crippen LogP contribution in [-0.2, 0) is 10.0 Å². The van der Waals surface area contributed by atoms with Crippen LogP contribution in [0.4, 0.5) is 5.69 Å². The maximum Gasteiger partial charge on any atom is 0.311 e. The van der Waals surface area contributed by atoms with Crippen molar-refractivity contribution in [2.24, 2.45) is 4.40 Å². The van der Waals surface area contributed by atoms with Crippen LogP contribution in [0.5, 0.6) is 5.75 Å². The summed E-state index contributed by atoms with van der Waals surface area (Å²) in [7, 11) is -3.49. The standard InChI is InChI=1S/C8H6N2O5S2/c11-10(12)6-3-1-2-4-7(6)15-8-9-17(13,14)5-16-8/h1-4H,5H2. The number of hydrogen-bond donors (Lipinski definition) is 0. The Kier molecular flexibility index (Phi) is 3.03. The Hall–Kier alpha value is -1.61. The summed E-state index contributed by atoms with van der Waals surface area (Å²) in [4.78, 5) is 10.1. The molecule has 0 atom stereocenters. The van der Waals surface area contributed by atoms with Gasteiger partial charge >= 0.3 is 5.69 Å². The third-order valence-electron chi connectivity index (χ3n) is 1.80. The minimum atomic E-state index is -3.49. The smallest absolute Gasteiger partial charge is 0.311 e. The van der Waals surface area contributed by atoms with Crippen molar-refractivity contribution in [2.45, 2.75) is 0 Å². The van der Waals surface area contributed by atoms with Crippen LogP contribution in [0.3, 0.4) is 0 Å². The van der Waals surface area contributed by atoms with E-state index in [0.29, 0.717) is 0 Å². The largest absolute Gasteiger partial charge is 0.426 e. The molecular formula is C8H6N2O5S2. The van der Waals surface area contributed by atoms with Gasteiger partial charge in [-0.05, 0) is 17.8 Å². The molecule has 0 amide bonds.